The topological polar surface area (TPSA) is 80.4 Å². The van der Waals surface area contributed by atoms with Crippen LogP contribution in [0.2, 0.25) is 0 Å². The van der Waals surface area contributed by atoms with Crippen molar-refractivity contribution in [1.82, 2.24) is 0 Å². The van der Waals surface area contributed by atoms with Gasteiger partial charge < -0.3 is 5.11 Å². The van der Waals surface area contributed by atoms with E-state index in [-0.39, 0.29) is 11.3 Å². The second kappa shape index (κ2) is 6.73. The van der Waals surface area contributed by atoms with Crippen LogP contribution in [0.5, 0.6) is 0 Å². The van der Waals surface area contributed by atoms with Crippen molar-refractivity contribution in [3.63, 3.8) is 0 Å². The molecule has 7 heteroatoms. The number of nitrogens with zero attached hydrogens (tertiary/aromatic N) is 1. The number of nitro groups is 1. The molecule has 108 valence electrons. The van der Waals surface area contributed by atoms with E-state index in [1.54, 1.807) is 30.3 Å². The molecule has 2 aromatic rings. The fourth-order valence-corrected chi connectivity index (χ4v) is 3.43. The predicted octanol–water partition coefficient (Wildman–Crippen LogP) is 4.35. The maximum atomic E-state index is 11.1. The van der Waals surface area contributed by atoms with Gasteiger partial charge >= 0.3 is 5.97 Å². The molecule has 0 unspecified atom stereocenters. The Kier molecular flexibility index (Phi) is 4.98. The van der Waals surface area contributed by atoms with E-state index in [1.165, 1.54) is 23.9 Å². The molecule has 1 N–H and O–H groups in total. The number of carboxylic acid groups (broad SMARTS) is 1. The standard InChI is InChI=1S/C14H10BrNO4S/c15-12-7-10(16(19)20)6-5-9(12)8-21-13-4-2-1-3-11(13)14(17)18/h1-7H,8H2,(H,17,18). The van der Waals surface area contributed by atoms with Crippen LogP contribution in [0.3, 0.4) is 0 Å². The first kappa shape index (κ1) is 15.5. The fraction of sp³-hybridized carbons (Fsp3) is 0.0714. The molecule has 0 amide bonds. The van der Waals surface area contributed by atoms with E-state index in [2.05, 4.69) is 15.9 Å². The van der Waals surface area contributed by atoms with Gasteiger partial charge in [-0.2, -0.15) is 0 Å². The van der Waals surface area contributed by atoms with E-state index in [0.717, 1.165) is 5.56 Å². The molecule has 0 aliphatic carbocycles. The second-order valence-electron chi connectivity index (χ2n) is 4.12. The van der Waals surface area contributed by atoms with Gasteiger partial charge in [0, 0.05) is 27.3 Å². The van der Waals surface area contributed by atoms with Gasteiger partial charge in [-0.15, -0.1) is 11.8 Å². The summed E-state index contributed by atoms with van der Waals surface area (Å²) in [6.45, 7) is 0. The molecule has 5 nitrogen and oxygen atoms in total. The lowest BCUT2D eigenvalue weighted by Crippen LogP contribution is -1.98. The summed E-state index contributed by atoms with van der Waals surface area (Å²) in [5.74, 6) is -0.455. The molecule has 0 aliphatic heterocycles. The summed E-state index contributed by atoms with van der Waals surface area (Å²) < 4.78 is 0.636. The van der Waals surface area contributed by atoms with E-state index < -0.39 is 10.9 Å². The number of nitro benzene ring substituents is 1. The lowest BCUT2D eigenvalue weighted by Gasteiger charge is -2.07. The average Bonchev–Trinajstić information content (AvgIpc) is 2.46. The molecule has 0 spiro atoms. The maximum absolute atomic E-state index is 11.1. The molecule has 0 atom stereocenters. The fourth-order valence-electron chi connectivity index (χ4n) is 1.69. The van der Waals surface area contributed by atoms with Crippen LogP contribution in [0, 0.1) is 10.1 Å². The number of non-ortho nitro benzene ring substituents is 1. The third kappa shape index (κ3) is 3.83. The van der Waals surface area contributed by atoms with Crippen molar-refractivity contribution >= 4 is 39.3 Å². The van der Waals surface area contributed by atoms with Crippen molar-refractivity contribution in [1.29, 1.82) is 0 Å². The van der Waals surface area contributed by atoms with Crippen molar-refractivity contribution in [3.8, 4) is 0 Å². The Morgan fingerprint density at radius 1 is 1.29 bits per heavy atom. The van der Waals surface area contributed by atoms with E-state index in [4.69, 9.17) is 5.11 Å². The third-order valence-electron chi connectivity index (χ3n) is 2.75. The molecule has 21 heavy (non-hydrogen) atoms. The molecule has 2 aromatic carbocycles. The molecule has 0 aliphatic rings. The van der Waals surface area contributed by atoms with Crippen LogP contribution >= 0.6 is 27.7 Å². The van der Waals surface area contributed by atoms with E-state index >= 15 is 0 Å². The van der Waals surface area contributed by atoms with Gasteiger partial charge in [-0.25, -0.2) is 4.79 Å². The number of benzene rings is 2. The van der Waals surface area contributed by atoms with Crippen LogP contribution in [0.25, 0.3) is 0 Å². The highest BCUT2D eigenvalue weighted by Gasteiger charge is 2.12. The zero-order valence-electron chi connectivity index (χ0n) is 10.7. The molecular weight excluding hydrogens is 358 g/mol. The highest BCUT2D eigenvalue weighted by Crippen LogP contribution is 2.31. The average molecular weight is 368 g/mol. The summed E-state index contributed by atoms with van der Waals surface area (Å²) in [6, 6.07) is 11.3. The first-order chi connectivity index (χ1) is 9.99. The largest absolute Gasteiger partial charge is 0.478 e. The smallest absolute Gasteiger partial charge is 0.336 e. The van der Waals surface area contributed by atoms with Crippen LogP contribution in [0.15, 0.2) is 51.8 Å². The molecule has 0 aromatic heterocycles. The number of thioether (sulfide) groups is 1. The Bertz CT molecular complexity index is 705. The number of rotatable bonds is 5. The minimum Gasteiger partial charge on any atom is -0.478 e. The Balaban J connectivity index is 2.17. The van der Waals surface area contributed by atoms with Gasteiger partial charge in [-0.3, -0.25) is 10.1 Å². The first-order valence-corrected chi connectivity index (χ1v) is 7.65. The summed E-state index contributed by atoms with van der Waals surface area (Å²) in [6.07, 6.45) is 0. The van der Waals surface area contributed by atoms with Crippen molar-refractivity contribution < 1.29 is 14.8 Å². The molecule has 2 rings (SSSR count). The van der Waals surface area contributed by atoms with E-state index in [9.17, 15) is 14.9 Å². The predicted molar refractivity (Wildman–Crippen MR) is 83.8 cm³/mol. The summed E-state index contributed by atoms with van der Waals surface area (Å²) in [5.41, 5.74) is 1.13. The molecule has 0 radical (unpaired) electrons. The Morgan fingerprint density at radius 2 is 2.00 bits per heavy atom. The van der Waals surface area contributed by atoms with E-state index in [0.29, 0.717) is 15.1 Å². The maximum Gasteiger partial charge on any atom is 0.336 e. The highest BCUT2D eigenvalue weighted by atomic mass is 79.9. The monoisotopic (exact) mass is 367 g/mol. The van der Waals surface area contributed by atoms with Gasteiger partial charge in [-0.05, 0) is 17.7 Å². The van der Waals surface area contributed by atoms with Gasteiger partial charge in [0.2, 0.25) is 0 Å². The van der Waals surface area contributed by atoms with Gasteiger partial charge in [0.1, 0.15) is 0 Å². The van der Waals surface area contributed by atoms with Gasteiger partial charge in [0.25, 0.3) is 5.69 Å². The molecule has 0 bridgehead atoms. The van der Waals surface area contributed by atoms with Gasteiger partial charge in [-0.1, -0.05) is 34.1 Å². The van der Waals surface area contributed by atoms with Crippen LogP contribution in [0.4, 0.5) is 5.69 Å². The molecule has 0 saturated carbocycles. The normalized spacial score (nSPS) is 10.3. The third-order valence-corrected chi connectivity index (χ3v) is 4.61. The zero-order valence-corrected chi connectivity index (χ0v) is 13.1. The Hall–Kier alpha value is -1.86. The lowest BCUT2D eigenvalue weighted by molar-refractivity contribution is -0.384. The highest BCUT2D eigenvalue weighted by molar-refractivity contribution is 9.10. The number of carboxylic acids is 1. The summed E-state index contributed by atoms with van der Waals surface area (Å²) >= 11 is 4.68. The number of hydrogen-bond donors (Lipinski definition) is 1. The van der Waals surface area contributed by atoms with Crippen molar-refractivity contribution in [2.45, 2.75) is 10.6 Å². The zero-order chi connectivity index (χ0) is 15.4. The molecule has 0 saturated heterocycles. The van der Waals surface area contributed by atoms with Crippen molar-refractivity contribution in [2.75, 3.05) is 0 Å². The van der Waals surface area contributed by atoms with Crippen molar-refractivity contribution in [3.05, 3.63) is 68.2 Å². The molecule has 0 heterocycles. The van der Waals surface area contributed by atoms with Gasteiger partial charge in [0.15, 0.2) is 0 Å². The van der Waals surface area contributed by atoms with E-state index in [1.807, 2.05) is 0 Å². The number of hydrogen-bond acceptors (Lipinski definition) is 4. The molecular formula is C14H10BrNO4S. The number of halogens is 1. The Labute approximate surface area is 133 Å². The minimum absolute atomic E-state index is 0.0153. The summed E-state index contributed by atoms with van der Waals surface area (Å²) in [5, 5.41) is 19.8. The number of aromatic carboxylic acids is 1. The Morgan fingerprint density at radius 3 is 2.62 bits per heavy atom. The van der Waals surface area contributed by atoms with Gasteiger partial charge in [0.05, 0.1) is 10.5 Å². The summed E-state index contributed by atoms with van der Waals surface area (Å²) in [4.78, 5) is 22.0. The number of carbonyl (C=O) groups is 1. The van der Waals surface area contributed by atoms with Crippen LogP contribution in [-0.4, -0.2) is 16.0 Å². The minimum atomic E-state index is -0.971. The van der Waals surface area contributed by atoms with Crippen molar-refractivity contribution in [2.24, 2.45) is 0 Å². The molecule has 0 fully saturated rings. The van der Waals surface area contributed by atoms with Crippen LogP contribution in [0.1, 0.15) is 15.9 Å². The quantitative estimate of drug-likeness (QED) is 0.482. The SMILES string of the molecule is O=C(O)c1ccccc1SCc1ccc([N+](=O)[O-])cc1Br. The first-order valence-electron chi connectivity index (χ1n) is 5.87. The summed E-state index contributed by atoms with van der Waals surface area (Å²) in [7, 11) is 0. The lowest BCUT2D eigenvalue weighted by atomic mass is 10.2. The van der Waals surface area contributed by atoms with Crippen LogP contribution < -0.4 is 0 Å². The van der Waals surface area contributed by atoms with Crippen LogP contribution in [-0.2, 0) is 5.75 Å². The second-order valence-corrected chi connectivity index (χ2v) is 5.99.